The van der Waals surface area contributed by atoms with Gasteiger partial charge in [0.15, 0.2) is 17.7 Å². The SMILES string of the molecule is Cn1nc(N)c(=O)c2c(N[C@@H]3O[C@H](CO)C(O)C3O)ncnc21. The lowest BCUT2D eigenvalue weighted by atomic mass is 10.1. The zero-order valence-corrected chi connectivity index (χ0v) is 12.1. The average molecular weight is 324 g/mol. The van der Waals surface area contributed by atoms with Crippen LogP contribution in [0.1, 0.15) is 0 Å². The van der Waals surface area contributed by atoms with Gasteiger partial charge in [-0.15, -0.1) is 5.10 Å². The van der Waals surface area contributed by atoms with Crippen molar-refractivity contribution in [2.24, 2.45) is 7.05 Å². The Morgan fingerprint density at radius 3 is 2.78 bits per heavy atom. The predicted molar refractivity (Wildman–Crippen MR) is 78.4 cm³/mol. The Labute approximate surface area is 129 Å². The number of rotatable bonds is 3. The van der Waals surface area contributed by atoms with E-state index < -0.39 is 36.6 Å². The summed E-state index contributed by atoms with van der Waals surface area (Å²) in [6, 6.07) is 0. The van der Waals surface area contributed by atoms with Crippen LogP contribution in [0.4, 0.5) is 11.6 Å². The maximum absolute atomic E-state index is 12.2. The lowest BCUT2D eigenvalue weighted by molar-refractivity contribution is -0.0153. The molecule has 23 heavy (non-hydrogen) atoms. The molecule has 2 aromatic rings. The molecule has 1 saturated heterocycles. The minimum atomic E-state index is -1.31. The van der Waals surface area contributed by atoms with Crippen molar-refractivity contribution in [2.75, 3.05) is 17.7 Å². The highest BCUT2D eigenvalue weighted by molar-refractivity contribution is 5.87. The number of aryl methyl sites for hydroxylation is 1. The molecule has 1 fully saturated rings. The summed E-state index contributed by atoms with van der Waals surface area (Å²) in [5.74, 6) is -0.140. The van der Waals surface area contributed by atoms with Crippen LogP contribution in [0.25, 0.3) is 11.0 Å². The minimum Gasteiger partial charge on any atom is -0.394 e. The first-order valence-corrected chi connectivity index (χ1v) is 6.80. The largest absolute Gasteiger partial charge is 0.394 e. The van der Waals surface area contributed by atoms with Gasteiger partial charge in [-0.1, -0.05) is 0 Å². The summed E-state index contributed by atoms with van der Waals surface area (Å²) in [7, 11) is 1.57. The number of nitrogen functional groups attached to an aromatic ring is 1. The summed E-state index contributed by atoms with van der Waals surface area (Å²) < 4.78 is 6.64. The molecule has 4 atom stereocenters. The van der Waals surface area contributed by atoms with E-state index in [1.165, 1.54) is 11.0 Å². The van der Waals surface area contributed by atoms with E-state index in [4.69, 9.17) is 15.6 Å². The monoisotopic (exact) mass is 324 g/mol. The fourth-order valence-corrected chi connectivity index (χ4v) is 2.48. The minimum absolute atomic E-state index is 0.0829. The van der Waals surface area contributed by atoms with E-state index in [2.05, 4.69) is 20.4 Å². The van der Waals surface area contributed by atoms with Gasteiger partial charge in [0.1, 0.15) is 35.8 Å². The van der Waals surface area contributed by atoms with Gasteiger partial charge in [-0.05, 0) is 0 Å². The highest BCUT2D eigenvalue weighted by Gasteiger charge is 2.42. The Morgan fingerprint density at radius 2 is 2.13 bits per heavy atom. The summed E-state index contributed by atoms with van der Waals surface area (Å²) in [4.78, 5) is 20.2. The molecule has 6 N–H and O–H groups in total. The fraction of sp³-hybridized carbons (Fsp3) is 0.500. The Morgan fingerprint density at radius 1 is 1.39 bits per heavy atom. The molecule has 0 radical (unpaired) electrons. The van der Waals surface area contributed by atoms with Crippen molar-refractivity contribution in [1.82, 2.24) is 19.7 Å². The second kappa shape index (κ2) is 5.70. The van der Waals surface area contributed by atoms with Crippen molar-refractivity contribution < 1.29 is 20.1 Å². The quantitative estimate of drug-likeness (QED) is 0.396. The number of nitrogens with zero attached hydrogens (tertiary/aromatic N) is 4. The number of nitrogens with two attached hydrogens (primary N) is 1. The van der Waals surface area contributed by atoms with Crippen molar-refractivity contribution in [2.45, 2.75) is 24.5 Å². The molecule has 0 saturated carbocycles. The normalized spacial score (nSPS) is 27.5. The van der Waals surface area contributed by atoms with Crippen LogP contribution in [0, 0.1) is 0 Å². The molecular formula is C12H16N6O5. The maximum atomic E-state index is 12.2. The van der Waals surface area contributed by atoms with Crippen LogP contribution in [-0.4, -0.2) is 66.2 Å². The number of nitrogens with one attached hydrogen (secondary N) is 1. The van der Waals surface area contributed by atoms with Gasteiger partial charge >= 0.3 is 0 Å². The molecule has 3 rings (SSSR count). The first-order chi connectivity index (χ1) is 10.9. The fourth-order valence-electron chi connectivity index (χ4n) is 2.48. The Kier molecular flexibility index (Phi) is 3.85. The Bertz CT molecular complexity index is 795. The van der Waals surface area contributed by atoms with Gasteiger partial charge < -0.3 is 31.1 Å². The van der Waals surface area contributed by atoms with E-state index in [1.807, 2.05) is 0 Å². The van der Waals surface area contributed by atoms with Gasteiger partial charge in [0, 0.05) is 7.05 Å². The smallest absolute Gasteiger partial charge is 0.237 e. The molecule has 1 aliphatic heterocycles. The second-order valence-corrected chi connectivity index (χ2v) is 5.16. The molecule has 3 heterocycles. The van der Waals surface area contributed by atoms with E-state index >= 15 is 0 Å². The van der Waals surface area contributed by atoms with E-state index in [0.717, 1.165) is 0 Å². The van der Waals surface area contributed by atoms with Crippen molar-refractivity contribution in [3.05, 3.63) is 16.6 Å². The first-order valence-electron chi connectivity index (χ1n) is 6.80. The Hall–Kier alpha value is -2.34. The highest BCUT2D eigenvalue weighted by Crippen LogP contribution is 2.24. The topological polar surface area (TPSA) is 169 Å². The van der Waals surface area contributed by atoms with Crippen LogP contribution >= 0.6 is 0 Å². The standard InChI is InChI=1S/C12H16N6O5/c1-18-11-5(7(21)9(13)17-18)10(14-3-15-11)16-12-8(22)6(20)4(2-19)23-12/h3-4,6,8,12,19-20,22H,2H2,1H3,(H2,13,17)(H,14,15,16)/t4-,6?,8?,12-/m1/s1. The zero-order chi connectivity index (χ0) is 16.7. The summed E-state index contributed by atoms with van der Waals surface area (Å²) in [6.45, 7) is -0.459. The second-order valence-electron chi connectivity index (χ2n) is 5.16. The van der Waals surface area contributed by atoms with Crippen molar-refractivity contribution in [1.29, 1.82) is 0 Å². The van der Waals surface area contributed by atoms with E-state index in [1.54, 1.807) is 7.05 Å². The van der Waals surface area contributed by atoms with E-state index in [9.17, 15) is 15.0 Å². The molecular weight excluding hydrogens is 308 g/mol. The first kappa shape index (κ1) is 15.6. The zero-order valence-electron chi connectivity index (χ0n) is 12.1. The van der Waals surface area contributed by atoms with Gasteiger partial charge in [0.25, 0.3) is 0 Å². The van der Waals surface area contributed by atoms with Gasteiger partial charge in [0.2, 0.25) is 5.43 Å². The number of ether oxygens (including phenoxy) is 1. The van der Waals surface area contributed by atoms with Crippen LogP contribution in [-0.2, 0) is 11.8 Å². The van der Waals surface area contributed by atoms with Crippen molar-refractivity contribution in [3.8, 4) is 0 Å². The number of aliphatic hydroxyl groups is 3. The van der Waals surface area contributed by atoms with E-state index in [0.29, 0.717) is 0 Å². The third-order valence-electron chi connectivity index (χ3n) is 3.67. The van der Waals surface area contributed by atoms with Gasteiger partial charge in [0.05, 0.1) is 6.61 Å². The number of hydrogen-bond acceptors (Lipinski definition) is 10. The van der Waals surface area contributed by atoms with E-state index in [-0.39, 0.29) is 22.7 Å². The summed E-state index contributed by atoms with van der Waals surface area (Å²) in [5.41, 5.74) is 5.26. The number of anilines is 2. The lowest BCUT2D eigenvalue weighted by Crippen LogP contribution is -2.37. The molecule has 11 nitrogen and oxygen atoms in total. The molecule has 0 amide bonds. The average Bonchev–Trinajstić information content (AvgIpc) is 2.80. The molecule has 0 aliphatic carbocycles. The van der Waals surface area contributed by atoms with Crippen LogP contribution < -0.4 is 16.5 Å². The number of hydrogen-bond donors (Lipinski definition) is 5. The number of aromatic nitrogens is 4. The molecule has 2 aromatic heterocycles. The molecule has 1 aliphatic rings. The number of fused-ring (bicyclic) bond motifs is 1. The van der Waals surface area contributed by atoms with Gasteiger partial charge in [-0.2, -0.15) is 0 Å². The summed E-state index contributed by atoms with van der Waals surface area (Å²) in [6.07, 6.45) is -3.35. The predicted octanol–water partition coefficient (Wildman–Crippen LogP) is -2.84. The van der Waals surface area contributed by atoms with Gasteiger partial charge in [-0.3, -0.25) is 4.79 Å². The number of aliphatic hydroxyl groups excluding tert-OH is 3. The Balaban J connectivity index is 2.03. The van der Waals surface area contributed by atoms with Crippen LogP contribution in [0.5, 0.6) is 0 Å². The molecule has 124 valence electrons. The molecule has 0 bridgehead atoms. The molecule has 0 spiro atoms. The molecule has 2 unspecified atom stereocenters. The van der Waals surface area contributed by atoms with Crippen molar-refractivity contribution >= 4 is 22.7 Å². The van der Waals surface area contributed by atoms with Crippen LogP contribution in [0.2, 0.25) is 0 Å². The van der Waals surface area contributed by atoms with Crippen LogP contribution in [0.15, 0.2) is 11.1 Å². The molecule has 0 aromatic carbocycles. The van der Waals surface area contributed by atoms with Gasteiger partial charge in [-0.25, -0.2) is 14.6 Å². The van der Waals surface area contributed by atoms with Crippen LogP contribution in [0.3, 0.4) is 0 Å². The third kappa shape index (κ3) is 2.49. The maximum Gasteiger partial charge on any atom is 0.237 e. The lowest BCUT2D eigenvalue weighted by Gasteiger charge is -2.18. The summed E-state index contributed by atoms with van der Waals surface area (Å²) >= 11 is 0. The highest BCUT2D eigenvalue weighted by atomic mass is 16.6. The summed E-state index contributed by atoms with van der Waals surface area (Å²) in [5, 5.41) is 35.5. The molecule has 11 heteroatoms. The van der Waals surface area contributed by atoms with Crippen molar-refractivity contribution in [3.63, 3.8) is 0 Å². The third-order valence-corrected chi connectivity index (χ3v) is 3.67.